The molecule has 1 aliphatic rings. The largest absolute Gasteiger partial charge is 0.374 e. The van der Waals surface area contributed by atoms with Gasteiger partial charge in [0.2, 0.25) is 0 Å². The van der Waals surface area contributed by atoms with Crippen LogP contribution in [0.1, 0.15) is 27.2 Å². The first kappa shape index (κ1) is 10.6. The van der Waals surface area contributed by atoms with Crippen molar-refractivity contribution in [1.29, 1.82) is 0 Å². The lowest BCUT2D eigenvalue weighted by Crippen LogP contribution is -2.34. The van der Waals surface area contributed by atoms with Crippen molar-refractivity contribution in [3.8, 4) is 0 Å². The van der Waals surface area contributed by atoms with Crippen molar-refractivity contribution in [2.45, 2.75) is 33.2 Å². The van der Waals surface area contributed by atoms with Crippen molar-refractivity contribution in [2.75, 3.05) is 19.6 Å². The van der Waals surface area contributed by atoms with Gasteiger partial charge in [-0.05, 0) is 25.8 Å². The molecular weight excluding hydrogens is 160 g/mol. The van der Waals surface area contributed by atoms with Gasteiger partial charge in [-0.3, -0.25) is 0 Å². The topological polar surface area (TPSA) is 15.3 Å². The van der Waals surface area contributed by atoms with Crippen molar-refractivity contribution in [1.82, 2.24) is 10.2 Å². The Morgan fingerprint density at radius 2 is 2.31 bits per heavy atom. The summed E-state index contributed by atoms with van der Waals surface area (Å²) >= 11 is 0. The number of allylic oxidation sites excluding steroid dienone is 1. The number of nitrogens with zero attached hydrogens (tertiary/aromatic N) is 1. The average molecular weight is 182 g/mol. The van der Waals surface area contributed by atoms with Crippen LogP contribution < -0.4 is 5.32 Å². The fourth-order valence-corrected chi connectivity index (χ4v) is 1.68. The van der Waals surface area contributed by atoms with Gasteiger partial charge < -0.3 is 10.2 Å². The zero-order valence-electron chi connectivity index (χ0n) is 9.14. The van der Waals surface area contributed by atoms with Gasteiger partial charge in [0.15, 0.2) is 0 Å². The average Bonchev–Trinajstić information content (AvgIpc) is 2.48. The molecule has 0 amide bonds. The van der Waals surface area contributed by atoms with E-state index < -0.39 is 0 Å². The monoisotopic (exact) mass is 182 g/mol. The maximum atomic E-state index is 3.96. The summed E-state index contributed by atoms with van der Waals surface area (Å²) in [6.45, 7) is 14.0. The van der Waals surface area contributed by atoms with E-state index in [9.17, 15) is 0 Å². The second-order valence-corrected chi connectivity index (χ2v) is 4.47. The maximum Gasteiger partial charge on any atom is 0.0329 e. The molecule has 0 aromatic carbocycles. The first-order chi connectivity index (χ1) is 6.09. The van der Waals surface area contributed by atoms with Crippen molar-refractivity contribution in [3.05, 3.63) is 12.3 Å². The van der Waals surface area contributed by atoms with E-state index in [0.717, 1.165) is 19.0 Å². The molecule has 0 bridgehead atoms. The van der Waals surface area contributed by atoms with Crippen LogP contribution in [0.15, 0.2) is 12.3 Å². The van der Waals surface area contributed by atoms with Crippen LogP contribution in [0, 0.1) is 5.92 Å². The first-order valence-corrected chi connectivity index (χ1v) is 5.23. The summed E-state index contributed by atoms with van der Waals surface area (Å²) in [5, 5.41) is 3.58. The van der Waals surface area contributed by atoms with Crippen LogP contribution in [-0.2, 0) is 0 Å². The molecule has 0 aliphatic carbocycles. The third-order valence-corrected chi connectivity index (χ3v) is 2.54. The molecule has 76 valence electrons. The van der Waals surface area contributed by atoms with Gasteiger partial charge in [-0.1, -0.05) is 20.4 Å². The number of nitrogens with one attached hydrogen (secondary N) is 1. The Labute approximate surface area is 82.0 Å². The highest BCUT2D eigenvalue weighted by Crippen LogP contribution is 2.13. The lowest BCUT2D eigenvalue weighted by molar-refractivity contribution is 0.401. The molecule has 1 aliphatic heterocycles. The SMILES string of the molecule is C=C(C)N1CC[C@H](NCC(C)C)C1. The Kier molecular flexibility index (Phi) is 3.79. The van der Waals surface area contributed by atoms with Crippen LogP contribution in [0.3, 0.4) is 0 Å². The normalized spacial score (nSPS) is 22.8. The second-order valence-electron chi connectivity index (χ2n) is 4.47. The van der Waals surface area contributed by atoms with Crippen LogP contribution >= 0.6 is 0 Å². The van der Waals surface area contributed by atoms with E-state index in [-0.39, 0.29) is 0 Å². The van der Waals surface area contributed by atoms with E-state index in [1.807, 2.05) is 0 Å². The maximum absolute atomic E-state index is 3.96. The molecule has 2 nitrogen and oxygen atoms in total. The lowest BCUT2D eigenvalue weighted by atomic mass is 10.2. The van der Waals surface area contributed by atoms with Crippen LogP contribution in [0.5, 0.6) is 0 Å². The summed E-state index contributed by atoms with van der Waals surface area (Å²) in [5.74, 6) is 0.749. The quantitative estimate of drug-likeness (QED) is 0.713. The summed E-state index contributed by atoms with van der Waals surface area (Å²) in [6.07, 6.45) is 1.26. The molecule has 1 atom stereocenters. The predicted octanol–water partition coefficient (Wildman–Crippen LogP) is 1.84. The van der Waals surface area contributed by atoms with E-state index >= 15 is 0 Å². The molecule has 2 heteroatoms. The molecule has 0 aromatic heterocycles. The minimum absolute atomic E-state index is 0.680. The summed E-state index contributed by atoms with van der Waals surface area (Å²) in [5.41, 5.74) is 1.20. The zero-order chi connectivity index (χ0) is 9.84. The van der Waals surface area contributed by atoms with E-state index in [2.05, 4.69) is 37.6 Å². The fourth-order valence-electron chi connectivity index (χ4n) is 1.68. The van der Waals surface area contributed by atoms with Gasteiger partial charge in [-0.15, -0.1) is 0 Å². The summed E-state index contributed by atoms with van der Waals surface area (Å²) in [6, 6.07) is 0.680. The molecule has 0 saturated carbocycles. The molecular formula is C11H22N2. The van der Waals surface area contributed by atoms with Gasteiger partial charge in [0.1, 0.15) is 0 Å². The van der Waals surface area contributed by atoms with Gasteiger partial charge in [0.05, 0.1) is 0 Å². The van der Waals surface area contributed by atoms with E-state index in [1.54, 1.807) is 0 Å². The minimum atomic E-state index is 0.680. The summed E-state index contributed by atoms with van der Waals surface area (Å²) in [7, 11) is 0. The lowest BCUT2D eigenvalue weighted by Gasteiger charge is -2.18. The fraction of sp³-hybridized carbons (Fsp3) is 0.818. The highest BCUT2D eigenvalue weighted by molar-refractivity contribution is 4.95. The zero-order valence-corrected chi connectivity index (χ0v) is 9.14. The van der Waals surface area contributed by atoms with E-state index in [1.165, 1.54) is 18.7 Å². The Hall–Kier alpha value is -0.500. The van der Waals surface area contributed by atoms with Gasteiger partial charge in [0.25, 0.3) is 0 Å². The Morgan fingerprint density at radius 3 is 2.77 bits per heavy atom. The van der Waals surface area contributed by atoms with Crippen molar-refractivity contribution in [2.24, 2.45) is 5.92 Å². The molecule has 0 spiro atoms. The number of rotatable bonds is 4. The third kappa shape index (κ3) is 3.39. The highest BCUT2D eigenvalue weighted by atomic mass is 15.2. The molecule has 1 heterocycles. The Bertz CT molecular complexity index is 175. The Balaban J connectivity index is 2.21. The predicted molar refractivity (Wildman–Crippen MR) is 57.6 cm³/mol. The number of hydrogen-bond acceptors (Lipinski definition) is 2. The van der Waals surface area contributed by atoms with Gasteiger partial charge in [-0.2, -0.15) is 0 Å². The minimum Gasteiger partial charge on any atom is -0.374 e. The van der Waals surface area contributed by atoms with Crippen LogP contribution in [-0.4, -0.2) is 30.6 Å². The van der Waals surface area contributed by atoms with Crippen molar-refractivity contribution in [3.63, 3.8) is 0 Å². The van der Waals surface area contributed by atoms with Crippen molar-refractivity contribution < 1.29 is 0 Å². The second kappa shape index (κ2) is 4.66. The van der Waals surface area contributed by atoms with Crippen LogP contribution in [0.25, 0.3) is 0 Å². The molecule has 1 saturated heterocycles. The molecule has 1 rings (SSSR count). The van der Waals surface area contributed by atoms with Crippen molar-refractivity contribution >= 4 is 0 Å². The molecule has 0 unspecified atom stereocenters. The highest BCUT2D eigenvalue weighted by Gasteiger charge is 2.21. The standard InChI is InChI=1S/C11H22N2/c1-9(2)7-12-11-5-6-13(8-11)10(3)4/h9,11-12H,3,5-8H2,1-2,4H3/t11-/m0/s1. The van der Waals surface area contributed by atoms with Crippen LogP contribution in [0.2, 0.25) is 0 Å². The van der Waals surface area contributed by atoms with Gasteiger partial charge in [-0.25, -0.2) is 0 Å². The van der Waals surface area contributed by atoms with E-state index in [0.29, 0.717) is 6.04 Å². The molecule has 1 fully saturated rings. The first-order valence-electron chi connectivity index (χ1n) is 5.23. The smallest absolute Gasteiger partial charge is 0.0329 e. The molecule has 13 heavy (non-hydrogen) atoms. The van der Waals surface area contributed by atoms with E-state index in [4.69, 9.17) is 0 Å². The molecule has 0 aromatic rings. The van der Waals surface area contributed by atoms with Gasteiger partial charge in [0, 0.05) is 24.8 Å². The summed E-state index contributed by atoms with van der Waals surface area (Å²) in [4.78, 5) is 2.36. The summed E-state index contributed by atoms with van der Waals surface area (Å²) < 4.78 is 0. The van der Waals surface area contributed by atoms with Crippen LogP contribution in [0.4, 0.5) is 0 Å². The third-order valence-electron chi connectivity index (χ3n) is 2.54. The number of likely N-dealkylation sites (tertiary alicyclic amines) is 1. The molecule has 1 N–H and O–H groups in total. The Morgan fingerprint density at radius 1 is 1.62 bits per heavy atom. The molecule has 0 radical (unpaired) electrons. The number of hydrogen-bond donors (Lipinski definition) is 1. The van der Waals surface area contributed by atoms with Gasteiger partial charge >= 0.3 is 0 Å².